The van der Waals surface area contributed by atoms with E-state index in [0.717, 1.165) is 6.07 Å². The Labute approximate surface area is 194 Å². The van der Waals surface area contributed by atoms with E-state index in [1.165, 1.54) is 37.4 Å². The van der Waals surface area contributed by atoms with Gasteiger partial charge in [-0.05, 0) is 36.2 Å². The van der Waals surface area contributed by atoms with Gasteiger partial charge >= 0.3 is 0 Å². The Bertz CT molecular complexity index is 1330. The molecule has 0 bridgehead atoms. The van der Waals surface area contributed by atoms with Crippen LogP contribution in [0.15, 0.2) is 42.5 Å². The fourth-order valence-electron chi connectivity index (χ4n) is 3.98. The van der Waals surface area contributed by atoms with Gasteiger partial charge in [0.1, 0.15) is 17.8 Å². The maximum Gasteiger partial charge on any atom is 0.222 e. The lowest BCUT2D eigenvalue weighted by molar-refractivity contribution is 0.251. The Morgan fingerprint density at radius 2 is 1.91 bits per heavy atom. The van der Waals surface area contributed by atoms with Gasteiger partial charge in [0.15, 0.2) is 11.6 Å². The third kappa shape index (κ3) is 4.26. The first-order valence-corrected chi connectivity index (χ1v) is 10.5. The van der Waals surface area contributed by atoms with Crippen LogP contribution in [0.5, 0.6) is 5.75 Å². The molecule has 1 aromatic heterocycles. The number of nitriles is 1. The summed E-state index contributed by atoms with van der Waals surface area (Å²) in [5, 5.41) is 9.95. The lowest BCUT2D eigenvalue weighted by Crippen LogP contribution is -2.48. The van der Waals surface area contributed by atoms with Gasteiger partial charge < -0.3 is 15.4 Å². The molecule has 4 rings (SSSR count). The van der Waals surface area contributed by atoms with Crippen LogP contribution in [-0.2, 0) is 0 Å². The van der Waals surface area contributed by atoms with Crippen LogP contribution in [0.1, 0.15) is 12.0 Å². The van der Waals surface area contributed by atoms with E-state index in [1.807, 2.05) is 0 Å². The van der Waals surface area contributed by atoms with Gasteiger partial charge in [-0.2, -0.15) is 5.26 Å². The Kier molecular flexibility index (Phi) is 6.40. The van der Waals surface area contributed by atoms with Crippen LogP contribution in [0.25, 0.3) is 27.2 Å². The van der Waals surface area contributed by atoms with Crippen LogP contribution in [0.4, 0.5) is 24.7 Å². The lowest BCUT2D eigenvalue weighted by atomic mass is 9.94. The molecule has 0 amide bonds. The molecular formula is C25H20F3N5O. The molecule has 172 valence electrons. The molecule has 2 aromatic carbocycles. The van der Waals surface area contributed by atoms with Gasteiger partial charge in [-0.1, -0.05) is 18.2 Å². The highest BCUT2D eigenvalue weighted by atomic mass is 19.1. The number of nitrogens with two attached hydrogens (primary N) is 1. The molecular weight excluding hydrogens is 443 g/mol. The van der Waals surface area contributed by atoms with Crippen molar-refractivity contribution in [1.82, 2.24) is 4.98 Å². The summed E-state index contributed by atoms with van der Waals surface area (Å²) in [6.07, 6.45) is -0.866. The van der Waals surface area contributed by atoms with E-state index in [1.54, 1.807) is 11.0 Å². The van der Waals surface area contributed by atoms with Crippen LogP contribution in [0.2, 0.25) is 0 Å². The van der Waals surface area contributed by atoms with Gasteiger partial charge in [-0.3, -0.25) is 0 Å². The topological polar surface area (TPSA) is 79.5 Å². The molecule has 34 heavy (non-hydrogen) atoms. The highest BCUT2D eigenvalue weighted by Crippen LogP contribution is 2.38. The third-order valence-electron chi connectivity index (χ3n) is 5.82. The van der Waals surface area contributed by atoms with Gasteiger partial charge in [-0.15, -0.1) is 0 Å². The number of piperidine rings is 1. The molecule has 1 fully saturated rings. The SMILES string of the molecule is [C-]#[N+]c1ccc(-c2nc(N3CCC(N)C(F)C3)cc(C#N)c2-c2ccc(OC)c(F)c2)cc1F. The van der Waals surface area contributed by atoms with E-state index in [-0.39, 0.29) is 34.8 Å². The number of ether oxygens (including phenoxy) is 1. The molecule has 3 aromatic rings. The van der Waals surface area contributed by atoms with Crippen LogP contribution < -0.4 is 15.4 Å². The van der Waals surface area contributed by atoms with Crippen LogP contribution in [0.3, 0.4) is 0 Å². The minimum absolute atomic E-state index is 0.00000774. The second kappa shape index (κ2) is 9.42. The van der Waals surface area contributed by atoms with E-state index in [4.69, 9.17) is 17.0 Å². The number of aromatic nitrogens is 1. The van der Waals surface area contributed by atoms with E-state index in [9.17, 15) is 18.4 Å². The summed E-state index contributed by atoms with van der Waals surface area (Å²) in [6, 6.07) is 11.2. The highest BCUT2D eigenvalue weighted by molar-refractivity contribution is 5.87. The molecule has 0 saturated carbocycles. The zero-order valence-electron chi connectivity index (χ0n) is 18.2. The first-order chi connectivity index (χ1) is 16.4. The Balaban J connectivity index is 1.95. The number of nitrogens with zero attached hydrogens (tertiary/aromatic N) is 4. The Morgan fingerprint density at radius 3 is 2.53 bits per heavy atom. The molecule has 2 unspecified atom stereocenters. The van der Waals surface area contributed by atoms with E-state index in [0.29, 0.717) is 29.9 Å². The number of rotatable bonds is 4. The molecule has 1 saturated heterocycles. The molecule has 2 heterocycles. The van der Waals surface area contributed by atoms with Crippen molar-refractivity contribution in [3.63, 3.8) is 0 Å². The monoisotopic (exact) mass is 463 g/mol. The number of hydrogen-bond donors (Lipinski definition) is 1. The van der Waals surface area contributed by atoms with Gasteiger partial charge in [0.05, 0.1) is 37.6 Å². The number of anilines is 1. The summed E-state index contributed by atoms with van der Waals surface area (Å²) < 4.78 is 48.3. The van der Waals surface area contributed by atoms with Crippen LogP contribution in [-0.4, -0.2) is 37.4 Å². The van der Waals surface area contributed by atoms with Crippen molar-refractivity contribution in [2.24, 2.45) is 5.73 Å². The first-order valence-electron chi connectivity index (χ1n) is 10.5. The number of pyridine rings is 1. The Morgan fingerprint density at radius 1 is 1.18 bits per heavy atom. The second-order valence-corrected chi connectivity index (χ2v) is 7.91. The zero-order valence-corrected chi connectivity index (χ0v) is 18.2. The average molecular weight is 463 g/mol. The van der Waals surface area contributed by atoms with Crippen molar-refractivity contribution in [3.8, 4) is 34.2 Å². The van der Waals surface area contributed by atoms with Gasteiger partial charge in [0.25, 0.3) is 0 Å². The van der Waals surface area contributed by atoms with Gasteiger partial charge in [0, 0.05) is 23.7 Å². The van der Waals surface area contributed by atoms with Crippen molar-refractivity contribution >= 4 is 11.5 Å². The fourth-order valence-corrected chi connectivity index (χ4v) is 3.98. The molecule has 1 aliphatic heterocycles. The predicted molar refractivity (Wildman–Crippen MR) is 122 cm³/mol. The minimum atomic E-state index is -1.27. The van der Waals surface area contributed by atoms with Crippen molar-refractivity contribution in [3.05, 3.63) is 71.1 Å². The molecule has 0 radical (unpaired) electrons. The standard InChI is InChI=1S/C25H20F3N5O/c1-31-21-5-3-15(10-17(21)26)25-24(14-4-6-22(34-2)18(27)9-14)16(12-29)11-23(32-25)33-8-7-20(30)19(28)13-33/h3-6,9-11,19-20H,7-8,13,30H2,2H3. The molecule has 0 spiro atoms. The lowest BCUT2D eigenvalue weighted by Gasteiger charge is -2.34. The van der Waals surface area contributed by atoms with Crippen molar-refractivity contribution in [1.29, 1.82) is 5.26 Å². The normalized spacial score (nSPS) is 17.7. The summed E-state index contributed by atoms with van der Waals surface area (Å²) in [7, 11) is 1.34. The maximum absolute atomic E-state index is 14.5. The minimum Gasteiger partial charge on any atom is -0.494 e. The number of hydrogen-bond acceptors (Lipinski definition) is 5. The average Bonchev–Trinajstić information content (AvgIpc) is 2.84. The van der Waals surface area contributed by atoms with E-state index < -0.39 is 23.8 Å². The maximum atomic E-state index is 14.5. The predicted octanol–water partition coefficient (Wildman–Crippen LogP) is 5.00. The smallest absolute Gasteiger partial charge is 0.222 e. The summed E-state index contributed by atoms with van der Waals surface area (Å²) in [5.41, 5.74) is 6.90. The molecule has 2 N–H and O–H groups in total. The van der Waals surface area contributed by atoms with Crippen molar-refractivity contribution in [2.75, 3.05) is 25.1 Å². The highest BCUT2D eigenvalue weighted by Gasteiger charge is 2.28. The largest absolute Gasteiger partial charge is 0.494 e. The summed E-state index contributed by atoms with van der Waals surface area (Å²) in [4.78, 5) is 9.46. The Hall–Kier alpha value is -4.08. The van der Waals surface area contributed by atoms with Gasteiger partial charge in [0.2, 0.25) is 5.69 Å². The second-order valence-electron chi connectivity index (χ2n) is 7.91. The van der Waals surface area contributed by atoms with E-state index in [2.05, 4.69) is 15.9 Å². The van der Waals surface area contributed by atoms with E-state index >= 15 is 0 Å². The van der Waals surface area contributed by atoms with Crippen LogP contribution >= 0.6 is 0 Å². The van der Waals surface area contributed by atoms with Crippen molar-refractivity contribution < 1.29 is 17.9 Å². The fraction of sp³-hybridized carbons (Fsp3) is 0.240. The number of methoxy groups -OCH3 is 1. The molecule has 2 atom stereocenters. The third-order valence-corrected chi connectivity index (χ3v) is 5.82. The van der Waals surface area contributed by atoms with Crippen LogP contribution in [0, 0.1) is 29.5 Å². The quantitative estimate of drug-likeness (QED) is 0.551. The number of benzene rings is 2. The molecule has 9 heteroatoms. The molecule has 1 aliphatic rings. The summed E-state index contributed by atoms with van der Waals surface area (Å²) in [5.74, 6) is -1.04. The van der Waals surface area contributed by atoms with Crippen molar-refractivity contribution in [2.45, 2.75) is 18.6 Å². The number of halogens is 3. The summed E-state index contributed by atoms with van der Waals surface area (Å²) >= 11 is 0. The summed E-state index contributed by atoms with van der Waals surface area (Å²) in [6.45, 7) is 7.52. The van der Waals surface area contributed by atoms with Gasteiger partial charge in [-0.25, -0.2) is 23.0 Å². The zero-order chi connectivity index (χ0) is 24.4. The first kappa shape index (κ1) is 23.1. The molecule has 6 nitrogen and oxygen atoms in total. The number of alkyl halides is 1. The molecule has 0 aliphatic carbocycles.